The van der Waals surface area contributed by atoms with Gasteiger partial charge in [-0.2, -0.15) is 15.0 Å². The molecule has 1 unspecified atom stereocenters. The van der Waals surface area contributed by atoms with Crippen molar-refractivity contribution in [1.82, 2.24) is 20.4 Å². The molecule has 0 aliphatic heterocycles. The predicted molar refractivity (Wildman–Crippen MR) is 75.5 cm³/mol. The largest absolute Gasteiger partial charge is 0.271 e. The minimum absolute atomic E-state index is 0.0486. The number of benzene rings is 1. The van der Waals surface area contributed by atoms with Gasteiger partial charge >= 0.3 is 0 Å². The quantitative estimate of drug-likeness (QED) is 0.616. The summed E-state index contributed by atoms with van der Waals surface area (Å²) >= 11 is 0. The van der Waals surface area contributed by atoms with E-state index in [0.717, 1.165) is 24.2 Å². The maximum absolute atomic E-state index is 5.68. The monoisotopic (exact) mass is 259 g/mol. The zero-order valence-electron chi connectivity index (χ0n) is 11.5. The Morgan fingerprint density at radius 3 is 2.47 bits per heavy atom. The lowest BCUT2D eigenvalue weighted by molar-refractivity contribution is 0.338. The van der Waals surface area contributed by atoms with E-state index in [1.54, 1.807) is 11.0 Å². The van der Waals surface area contributed by atoms with Crippen LogP contribution < -0.4 is 11.3 Å². The van der Waals surface area contributed by atoms with E-state index in [1.165, 1.54) is 0 Å². The molecule has 0 spiro atoms. The number of nitrogens with two attached hydrogens (primary N) is 1. The topological polar surface area (TPSA) is 68.8 Å². The molecule has 0 aliphatic rings. The SMILES string of the molecule is CCC(CC)C(NN)c1cnn(-c2ccccc2)n1. The number of hydrazine groups is 1. The van der Waals surface area contributed by atoms with Crippen LogP contribution in [0.5, 0.6) is 0 Å². The highest BCUT2D eigenvalue weighted by molar-refractivity contribution is 5.28. The molecular weight excluding hydrogens is 238 g/mol. The molecule has 0 fully saturated rings. The van der Waals surface area contributed by atoms with E-state index in [9.17, 15) is 0 Å². The van der Waals surface area contributed by atoms with Gasteiger partial charge in [0.25, 0.3) is 0 Å². The summed E-state index contributed by atoms with van der Waals surface area (Å²) in [7, 11) is 0. The van der Waals surface area contributed by atoms with Crippen LogP contribution in [-0.2, 0) is 0 Å². The molecule has 102 valence electrons. The van der Waals surface area contributed by atoms with Crippen LogP contribution in [0, 0.1) is 5.92 Å². The van der Waals surface area contributed by atoms with Gasteiger partial charge in [0.15, 0.2) is 0 Å². The van der Waals surface area contributed by atoms with Crippen LogP contribution in [0.2, 0.25) is 0 Å². The van der Waals surface area contributed by atoms with Gasteiger partial charge in [-0.15, -0.1) is 0 Å². The molecule has 1 aromatic carbocycles. The van der Waals surface area contributed by atoms with Gasteiger partial charge < -0.3 is 0 Å². The van der Waals surface area contributed by atoms with E-state index >= 15 is 0 Å². The van der Waals surface area contributed by atoms with Crippen LogP contribution in [0.3, 0.4) is 0 Å². The van der Waals surface area contributed by atoms with Crippen molar-refractivity contribution in [3.63, 3.8) is 0 Å². The first kappa shape index (κ1) is 13.7. The van der Waals surface area contributed by atoms with Gasteiger partial charge in [-0.05, 0) is 18.1 Å². The lowest BCUT2D eigenvalue weighted by Crippen LogP contribution is -2.33. The molecule has 0 aliphatic carbocycles. The average Bonchev–Trinajstić information content (AvgIpc) is 2.95. The van der Waals surface area contributed by atoms with Crippen LogP contribution in [0.15, 0.2) is 36.5 Å². The van der Waals surface area contributed by atoms with Crippen molar-refractivity contribution in [1.29, 1.82) is 0 Å². The fraction of sp³-hybridized carbons (Fsp3) is 0.429. The Morgan fingerprint density at radius 1 is 1.21 bits per heavy atom. The molecule has 3 N–H and O–H groups in total. The van der Waals surface area contributed by atoms with Crippen molar-refractivity contribution in [2.24, 2.45) is 11.8 Å². The molecule has 19 heavy (non-hydrogen) atoms. The zero-order valence-corrected chi connectivity index (χ0v) is 11.5. The van der Waals surface area contributed by atoms with Crippen LogP contribution in [0.4, 0.5) is 0 Å². The Kier molecular flexibility index (Phi) is 4.65. The van der Waals surface area contributed by atoms with Crippen molar-refractivity contribution >= 4 is 0 Å². The van der Waals surface area contributed by atoms with Crippen LogP contribution >= 0.6 is 0 Å². The van der Waals surface area contributed by atoms with Crippen LogP contribution in [-0.4, -0.2) is 15.0 Å². The van der Waals surface area contributed by atoms with Crippen molar-refractivity contribution in [3.8, 4) is 5.69 Å². The summed E-state index contributed by atoms with van der Waals surface area (Å²) in [6, 6.07) is 9.92. The third-order valence-electron chi connectivity index (χ3n) is 3.52. The Balaban J connectivity index is 2.24. The molecular formula is C14H21N5. The minimum Gasteiger partial charge on any atom is -0.271 e. The molecule has 1 atom stereocenters. The summed E-state index contributed by atoms with van der Waals surface area (Å²) in [6.07, 6.45) is 3.91. The number of hydrogen-bond donors (Lipinski definition) is 2. The fourth-order valence-corrected chi connectivity index (χ4v) is 2.33. The first-order valence-corrected chi connectivity index (χ1v) is 6.73. The van der Waals surface area contributed by atoms with E-state index in [1.807, 2.05) is 30.3 Å². The van der Waals surface area contributed by atoms with E-state index in [4.69, 9.17) is 5.84 Å². The third kappa shape index (κ3) is 3.00. The summed E-state index contributed by atoms with van der Waals surface area (Å²) in [5.74, 6) is 6.14. The van der Waals surface area contributed by atoms with E-state index in [2.05, 4.69) is 29.5 Å². The van der Waals surface area contributed by atoms with Gasteiger partial charge in [-0.25, -0.2) is 0 Å². The predicted octanol–water partition coefficient (Wildman–Crippen LogP) is 2.21. The summed E-state index contributed by atoms with van der Waals surface area (Å²) in [4.78, 5) is 1.64. The Morgan fingerprint density at radius 2 is 1.89 bits per heavy atom. The molecule has 5 heteroatoms. The number of para-hydroxylation sites is 1. The van der Waals surface area contributed by atoms with Gasteiger partial charge in [0, 0.05) is 0 Å². The second kappa shape index (κ2) is 6.45. The smallest absolute Gasteiger partial charge is 0.102 e. The van der Waals surface area contributed by atoms with Gasteiger partial charge in [0.1, 0.15) is 5.69 Å². The first-order valence-electron chi connectivity index (χ1n) is 6.73. The summed E-state index contributed by atoms with van der Waals surface area (Å²) in [6.45, 7) is 4.33. The lowest BCUT2D eigenvalue weighted by atomic mass is 9.93. The summed E-state index contributed by atoms with van der Waals surface area (Å²) in [5.41, 5.74) is 4.71. The number of hydrogen-bond acceptors (Lipinski definition) is 4. The van der Waals surface area contributed by atoms with Crippen LogP contribution in [0.1, 0.15) is 38.4 Å². The molecule has 0 radical (unpaired) electrons. The first-order chi connectivity index (χ1) is 9.30. The van der Waals surface area contributed by atoms with Gasteiger partial charge in [-0.3, -0.25) is 11.3 Å². The Labute approximate surface area is 113 Å². The highest BCUT2D eigenvalue weighted by Gasteiger charge is 2.22. The average molecular weight is 259 g/mol. The fourth-order valence-electron chi connectivity index (χ4n) is 2.33. The molecule has 2 aromatic rings. The van der Waals surface area contributed by atoms with Crippen molar-refractivity contribution in [2.75, 3.05) is 0 Å². The highest BCUT2D eigenvalue weighted by atomic mass is 15.5. The minimum atomic E-state index is 0.0486. The van der Waals surface area contributed by atoms with E-state index in [-0.39, 0.29) is 6.04 Å². The van der Waals surface area contributed by atoms with Crippen LogP contribution in [0.25, 0.3) is 5.69 Å². The molecule has 1 heterocycles. The van der Waals surface area contributed by atoms with Crippen molar-refractivity contribution < 1.29 is 0 Å². The normalized spacial score (nSPS) is 12.8. The summed E-state index contributed by atoms with van der Waals surface area (Å²) in [5, 5.41) is 8.85. The van der Waals surface area contributed by atoms with Crippen molar-refractivity contribution in [2.45, 2.75) is 32.7 Å². The molecule has 0 saturated carbocycles. The molecule has 1 aromatic heterocycles. The third-order valence-corrected chi connectivity index (χ3v) is 3.52. The van der Waals surface area contributed by atoms with E-state index < -0.39 is 0 Å². The second-order valence-corrected chi connectivity index (χ2v) is 4.62. The standard InChI is InChI=1S/C14H21N5/c1-3-11(4-2)14(17-15)13-10-16-19(18-13)12-8-6-5-7-9-12/h5-11,14,17H,3-4,15H2,1-2H3. The molecule has 5 nitrogen and oxygen atoms in total. The number of nitrogens with one attached hydrogen (secondary N) is 1. The van der Waals surface area contributed by atoms with E-state index in [0.29, 0.717) is 5.92 Å². The maximum atomic E-state index is 5.68. The Hall–Kier alpha value is -1.72. The number of nitrogens with zero attached hydrogens (tertiary/aromatic N) is 3. The van der Waals surface area contributed by atoms with Gasteiger partial charge in [0.2, 0.25) is 0 Å². The van der Waals surface area contributed by atoms with Crippen molar-refractivity contribution in [3.05, 3.63) is 42.2 Å². The zero-order chi connectivity index (χ0) is 13.7. The highest BCUT2D eigenvalue weighted by Crippen LogP contribution is 2.25. The molecule has 0 saturated heterocycles. The van der Waals surface area contributed by atoms with Gasteiger partial charge in [-0.1, -0.05) is 44.9 Å². The number of rotatable bonds is 6. The second-order valence-electron chi connectivity index (χ2n) is 4.62. The molecule has 2 rings (SSSR count). The maximum Gasteiger partial charge on any atom is 0.102 e. The molecule has 0 bridgehead atoms. The Bertz CT molecular complexity index is 490. The number of aromatic nitrogens is 3. The van der Waals surface area contributed by atoms with Gasteiger partial charge in [0.05, 0.1) is 17.9 Å². The summed E-state index contributed by atoms with van der Waals surface area (Å²) < 4.78 is 0. The molecule has 0 amide bonds. The lowest BCUT2D eigenvalue weighted by Gasteiger charge is -2.22.